The Morgan fingerprint density at radius 1 is 1.33 bits per heavy atom. The van der Waals surface area contributed by atoms with Crippen molar-refractivity contribution < 1.29 is 9.72 Å². The van der Waals surface area contributed by atoms with Crippen molar-refractivity contribution in [1.82, 2.24) is 4.98 Å². The van der Waals surface area contributed by atoms with E-state index >= 15 is 0 Å². The average molecular weight is 286 g/mol. The molecule has 2 N–H and O–H groups in total. The number of nitro benzene ring substituents is 1. The topological polar surface area (TPSA) is 97.2 Å². The molecule has 0 atom stereocenters. The Bertz CT molecular complexity index is 700. The summed E-state index contributed by atoms with van der Waals surface area (Å²) in [5.74, 6) is -0.382. The van der Waals surface area contributed by atoms with Crippen molar-refractivity contribution in [2.75, 3.05) is 17.7 Å². The number of amides is 1. The summed E-state index contributed by atoms with van der Waals surface area (Å²) in [4.78, 5) is 26.5. The first-order chi connectivity index (χ1) is 10.0. The molecule has 1 heterocycles. The van der Waals surface area contributed by atoms with Crippen LogP contribution in [0.15, 0.2) is 36.5 Å². The molecule has 0 aliphatic rings. The van der Waals surface area contributed by atoms with Crippen LogP contribution in [0.3, 0.4) is 0 Å². The first kappa shape index (κ1) is 14.4. The van der Waals surface area contributed by atoms with E-state index < -0.39 is 4.92 Å². The first-order valence-electron chi connectivity index (χ1n) is 6.21. The second-order valence-electron chi connectivity index (χ2n) is 4.38. The fourth-order valence-electron chi connectivity index (χ4n) is 1.84. The van der Waals surface area contributed by atoms with Gasteiger partial charge < -0.3 is 10.6 Å². The Balaban J connectivity index is 2.26. The zero-order valence-corrected chi connectivity index (χ0v) is 11.6. The van der Waals surface area contributed by atoms with E-state index in [0.29, 0.717) is 16.9 Å². The van der Waals surface area contributed by atoms with Gasteiger partial charge in [-0.25, -0.2) is 0 Å². The number of carbonyl (C=O) groups is 1. The Kier molecular flexibility index (Phi) is 4.13. The van der Waals surface area contributed by atoms with E-state index in [1.54, 1.807) is 19.2 Å². The van der Waals surface area contributed by atoms with Gasteiger partial charge in [-0.3, -0.25) is 19.9 Å². The Labute approximate surface area is 121 Å². The van der Waals surface area contributed by atoms with Gasteiger partial charge in [-0.15, -0.1) is 0 Å². The van der Waals surface area contributed by atoms with Crippen molar-refractivity contribution in [2.45, 2.75) is 6.92 Å². The number of aryl methyl sites for hydroxylation is 1. The second kappa shape index (κ2) is 6.00. The number of rotatable bonds is 4. The van der Waals surface area contributed by atoms with Crippen LogP contribution in [0.5, 0.6) is 0 Å². The molecule has 21 heavy (non-hydrogen) atoms. The van der Waals surface area contributed by atoms with Gasteiger partial charge in [0, 0.05) is 36.8 Å². The molecule has 0 aliphatic heterocycles. The molecule has 0 spiro atoms. The van der Waals surface area contributed by atoms with E-state index in [9.17, 15) is 14.9 Å². The standard InChI is InChI=1S/C14H14N4O3/c1-9-6-13(15-2)12(8-16-9)14(19)17-10-4-3-5-11(7-10)18(20)21/h3-8H,1-2H3,(H,15,16)(H,17,19). The monoisotopic (exact) mass is 286 g/mol. The van der Waals surface area contributed by atoms with Gasteiger partial charge >= 0.3 is 0 Å². The zero-order valence-electron chi connectivity index (χ0n) is 11.6. The van der Waals surface area contributed by atoms with Gasteiger partial charge in [0.15, 0.2) is 0 Å². The van der Waals surface area contributed by atoms with Crippen LogP contribution in [-0.2, 0) is 0 Å². The molecule has 1 aromatic carbocycles. The third kappa shape index (κ3) is 3.33. The van der Waals surface area contributed by atoms with Gasteiger partial charge in [0.1, 0.15) is 0 Å². The highest BCUT2D eigenvalue weighted by Crippen LogP contribution is 2.20. The van der Waals surface area contributed by atoms with Crippen LogP contribution >= 0.6 is 0 Å². The Morgan fingerprint density at radius 2 is 2.10 bits per heavy atom. The lowest BCUT2D eigenvalue weighted by Crippen LogP contribution is -2.14. The molecule has 1 amide bonds. The predicted molar refractivity (Wildman–Crippen MR) is 79.6 cm³/mol. The fraction of sp³-hybridized carbons (Fsp3) is 0.143. The summed E-state index contributed by atoms with van der Waals surface area (Å²) in [6, 6.07) is 7.52. The zero-order chi connectivity index (χ0) is 15.4. The quantitative estimate of drug-likeness (QED) is 0.665. The van der Waals surface area contributed by atoms with Crippen molar-refractivity contribution in [3.05, 3.63) is 57.9 Å². The number of benzene rings is 1. The second-order valence-corrected chi connectivity index (χ2v) is 4.38. The maximum atomic E-state index is 12.2. The smallest absolute Gasteiger partial charge is 0.271 e. The van der Waals surface area contributed by atoms with Crippen molar-refractivity contribution in [3.63, 3.8) is 0 Å². The van der Waals surface area contributed by atoms with Crippen LogP contribution in [0.1, 0.15) is 16.1 Å². The molecule has 0 saturated carbocycles. The molecule has 108 valence electrons. The van der Waals surface area contributed by atoms with Crippen LogP contribution < -0.4 is 10.6 Å². The lowest BCUT2D eigenvalue weighted by molar-refractivity contribution is -0.384. The summed E-state index contributed by atoms with van der Waals surface area (Å²) in [6.07, 6.45) is 1.47. The fourth-order valence-corrected chi connectivity index (χ4v) is 1.84. The van der Waals surface area contributed by atoms with E-state index in [1.165, 1.54) is 24.4 Å². The molecular formula is C14H14N4O3. The molecule has 2 rings (SSSR count). The van der Waals surface area contributed by atoms with E-state index in [4.69, 9.17) is 0 Å². The predicted octanol–water partition coefficient (Wildman–Crippen LogP) is 2.59. The summed E-state index contributed by atoms with van der Waals surface area (Å²) in [5, 5.41) is 16.3. The van der Waals surface area contributed by atoms with Gasteiger partial charge in [-0.2, -0.15) is 0 Å². The molecule has 0 aliphatic carbocycles. The normalized spacial score (nSPS) is 10.0. The molecule has 1 aromatic heterocycles. The number of nitrogens with one attached hydrogen (secondary N) is 2. The minimum Gasteiger partial charge on any atom is -0.387 e. The van der Waals surface area contributed by atoms with Crippen molar-refractivity contribution in [2.24, 2.45) is 0 Å². The lowest BCUT2D eigenvalue weighted by Gasteiger charge is -2.10. The SMILES string of the molecule is CNc1cc(C)ncc1C(=O)Nc1cccc([N+](=O)[O-])c1. The number of non-ortho nitro benzene ring substituents is 1. The maximum absolute atomic E-state index is 12.2. The molecule has 7 heteroatoms. The highest BCUT2D eigenvalue weighted by atomic mass is 16.6. The summed E-state index contributed by atoms with van der Waals surface area (Å²) in [7, 11) is 1.71. The summed E-state index contributed by atoms with van der Waals surface area (Å²) >= 11 is 0. The largest absolute Gasteiger partial charge is 0.387 e. The summed E-state index contributed by atoms with van der Waals surface area (Å²) in [6.45, 7) is 1.82. The van der Waals surface area contributed by atoms with Gasteiger partial charge in [0.05, 0.1) is 16.2 Å². The number of carbonyl (C=O) groups excluding carboxylic acids is 1. The molecule has 7 nitrogen and oxygen atoms in total. The number of hydrogen-bond acceptors (Lipinski definition) is 5. The number of nitrogens with zero attached hydrogens (tertiary/aromatic N) is 2. The molecule has 0 saturated heterocycles. The van der Waals surface area contributed by atoms with Gasteiger partial charge in [-0.05, 0) is 19.1 Å². The van der Waals surface area contributed by atoms with Gasteiger partial charge in [-0.1, -0.05) is 6.07 Å². The number of nitro groups is 1. The third-order valence-corrected chi connectivity index (χ3v) is 2.87. The third-order valence-electron chi connectivity index (χ3n) is 2.87. The van der Waals surface area contributed by atoms with E-state index in [0.717, 1.165) is 5.69 Å². The van der Waals surface area contributed by atoms with Crippen LogP contribution in [0.25, 0.3) is 0 Å². The molecule has 0 unspecified atom stereocenters. The molecule has 0 bridgehead atoms. The highest BCUT2D eigenvalue weighted by molar-refractivity contribution is 6.07. The van der Waals surface area contributed by atoms with Crippen LogP contribution in [0.4, 0.5) is 17.1 Å². The molecular weight excluding hydrogens is 272 g/mol. The van der Waals surface area contributed by atoms with Crippen molar-refractivity contribution >= 4 is 23.0 Å². The van der Waals surface area contributed by atoms with Gasteiger partial charge in [0.2, 0.25) is 0 Å². The van der Waals surface area contributed by atoms with E-state index in [-0.39, 0.29) is 11.6 Å². The number of aromatic nitrogens is 1. The number of hydrogen-bond donors (Lipinski definition) is 2. The Morgan fingerprint density at radius 3 is 2.76 bits per heavy atom. The van der Waals surface area contributed by atoms with E-state index in [2.05, 4.69) is 15.6 Å². The molecule has 0 radical (unpaired) electrons. The van der Waals surface area contributed by atoms with Crippen LogP contribution in [0, 0.1) is 17.0 Å². The number of anilines is 2. The average Bonchev–Trinajstić information content (AvgIpc) is 2.47. The minimum absolute atomic E-state index is 0.0799. The van der Waals surface area contributed by atoms with Gasteiger partial charge in [0.25, 0.3) is 11.6 Å². The van der Waals surface area contributed by atoms with Crippen molar-refractivity contribution in [3.8, 4) is 0 Å². The minimum atomic E-state index is -0.512. The summed E-state index contributed by atoms with van der Waals surface area (Å²) < 4.78 is 0. The summed E-state index contributed by atoms with van der Waals surface area (Å²) in [5.41, 5.74) is 2.08. The number of pyridine rings is 1. The van der Waals surface area contributed by atoms with Crippen molar-refractivity contribution in [1.29, 1.82) is 0 Å². The molecule has 0 fully saturated rings. The van der Waals surface area contributed by atoms with Crippen LogP contribution in [0.2, 0.25) is 0 Å². The molecule has 2 aromatic rings. The first-order valence-corrected chi connectivity index (χ1v) is 6.21. The lowest BCUT2D eigenvalue weighted by atomic mass is 10.2. The Hall–Kier alpha value is -2.96. The highest BCUT2D eigenvalue weighted by Gasteiger charge is 2.13. The van der Waals surface area contributed by atoms with E-state index in [1.807, 2.05) is 6.92 Å². The van der Waals surface area contributed by atoms with Crippen LogP contribution in [-0.4, -0.2) is 22.9 Å². The maximum Gasteiger partial charge on any atom is 0.271 e.